The van der Waals surface area contributed by atoms with Gasteiger partial charge in [-0.05, 0) is 91.3 Å². The van der Waals surface area contributed by atoms with Gasteiger partial charge in [0.15, 0.2) is 18.5 Å². The van der Waals surface area contributed by atoms with Crippen LogP contribution in [-0.4, -0.2) is 62.2 Å². The fraction of sp³-hybridized carbons (Fsp3) is 0.263. The van der Waals surface area contributed by atoms with Crippen LogP contribution in [0.1, 0.15) is 23.6 Å². The number of ether oxygens (including phenoxy) is 6. The number of hydrogen-bond acceptors (Lipinski definition) is 10. The van der Waals surface area contributed by atoms with Crippen LogP contribution in [0, 0.1) is 17.1 Å². The lowest BCUT2D eigenvalue weighted by atomic mass is 9.98. The normalized spacial score (nSPS) is 19.2. The van der Waals surface area contributed by atoms with Gasteiger partial charge in [-0.25, -0.2) is 18.8 Å². The molecule has 3 amide bonds. The van der Waals surface area contributed by atoms with Crippen molar-refractivity contribution in [2.24, 2.45) is 0 Å². The second kappa shape index (κ2) is 19.1. The van der Waals surface area contributed by atoms with Crippen LogP contribution in [0.15, 0.2) is 97.1 Å². The Kier molecular flexibility index (Phi) is 14.1. The topological polar surface area (TPSA) is 166 Å². The summed E-state index contributed by atoms with van der Waals surface area (Å²) in [4.78, 5) is 39.7. The second-order valence-electron chi connectivity index (χ2n) is 11.9. The third kappa shape index (κ3) is 11.8. The van der Waals surface area contributed by atoms with E-state index in [0.29, 0.717) is 10.6 Å². The lowest BCUT2D eigenvalue weighted by Crippen LogP contribution is -2.63. The molecule has 0 aromatic heterocycles. The number of carbonyl (C=O) groups excluding carboxylic acids is 3. The van der Waals surface area contributed by atoms with E-state index in [0.717, 1.165) is 24.3 Å². The number of carbonyl (C=O) groups is 3. The summed E-state index contributed by atoms with van der Waals surface area (Å²) in [6.45, 7) is 0.812. The molecule has 56 heavy (non-hydrogen) atoms. The summed E-state index contributed by atoms with van der Waals surface area (Å²) in [6.07, 6.45) is -15.3. The molecular formula is C38H33ClF4N4O9. The Balaban J connectivity index is 1.45. The zero-order valence-corrected chi connectivity index (χ0v) is 30.0. The summed E-state index contributed by atoms with van der Waals surface area (Å²) in [7, 11) is 0. The molecule has 0 spiro atoms. The van der Waals surface area contributed by atoms with Gasteiger partial charge in [-0.1, -0.05) is 29.8 Å². The van der Waals surface area contributed by atoms with Crippen LogP contribution in [0.2, 0.25) is 5.02 Å². The van der Waals surface area contributed by atoms with Crippen molar-refractivity contribution in [2.75, 3.05) is 29.2 Å². The first-order valence-electron chi connectivity index (χ1n) is 16.8. The molecule has 1 aliphatic heterocycles. The highest BCUT2D eigenvalue weighted by molar-refractivity contribution is 6.30. The molecule has 18 heteroatoms. The van der Waals surface area contributed by atoms with E-state index in [1.54, 1.807) is 6.92 Å². The Morgan fingerprint density at radius 1 is 0.786 bits per heavy atom. The first-order valence-corrected chi connectivity index (χ1v) is 17.1. The van der Waals surface area contributed by atoms with Crippen LogP contribution in [0.5, 0.6) is 0 Å². The largest absolute Gasteiger partial charge is 0.446 e. The molecule has 1 saturated heterocycles. The smallest absolute Gasteiger partial charge is 0.416 e. The van der Waals surface area contributed by atoms with Crippen molar-refractivity contribution in [3.05, 3.63) is 125 Å². The van der Waals surface area contributed by atoms with E-state index in [-0.39, 0.29) is 35.8 Å². The van der Waals surface area contributed by atoms with Gasteiger partial charge in [0.1, 0.15) is 24.6 Å². The Hall–Kier alpha value is -5.93. The first-order chi connectivity index (χ1) is 26.8. The number of benzene rings is 4. The maximum absolute atomic E-state index is 13.7. The van der Waals surface area contributed by atoms with Gasteiger partial charge in [-0.3, -0.25) is 16.0 Å². The molecule has 4 aromatic carbocycles. The van der Waals surface area contributed by atoms with E-state index >= 15 is 0 Å². The van der Waals surface area contributed by atoms with Gasteiger partial charge in [-0.2, -0.15) is 18.4 Å². The predicted molar refractivity (Wildman–Crippen MR) is 192 cm³/mol. The average molecular weight is 801 g/mol. The van der Waals surface area contributed by atoms with Gasteiger partial charge in [-0.15, -0.1) is 0 Å². The molecule has 1 fully saturated rings. The van der Waals surface area contributed by atoms with Crippen molar-refractivity contribution in [2.45, 2.75) is 50.4 Å². The number of hydrogen-bond donors (Lipinski definition) is 3. The van der Waals surface area contributed by atoms with E-state index in [1.807, 2.05) is 6.07 Å². The minimum atomic E-state index is -4.63. The average Bonchev–Trinajstić information content (AvgIpc) is 3.16. The number of nitriles is 1. The SMILES string of the molecule is CCO[C@H]1O[C@H](COC(=O)Nc2cccc(C#N)c2)[C@@H](OC(=O)Nc2ccc(Cl)cc2)[C@H](OC(=O)Nc2ccc(C(F)(F)F)cc2)[C@H]1OCc1ccc(F)cc1. The van der Waals surface area contributed by atoms with Crippen LogP contribution in [0.25, 0.3) is 0 Å². The summed E-state index contributed by atoms with van der Waals surface area (Å²) in [5.74, 6) is -0.507. The fourth-order valence-electron chi connectivity index (χ4n) is 5.33. The van der Waals surface area contributed by atoms with Gasteiger partial charge in [0.05, 0.1) is 23.8 Å². The van der Waals surface area contributed by atoms with Crippen LogP contribution < -0.4 is 16.0 Å². The lowest BCUT2D eigenvalue weighted by molar-refractivity contribution is -0.308. The molecule has 0 radical (unpaired) electrons. The molecule has 294 valence electrons. The van der Waals surface area contributed by atoms with Crippen molar-refractivity contribution in [1.29, 1.82) is 5.26 Å². The standard InChI is InChI=1S/C38H33ClF4N4O9/c1-2-51-34-33(52-20-22-6-12-26(40)13-7-22)32(56-37(50)45-27-14-8-24(9-15-27)38(41,42)43)31(55-36(49)46-28-16-10-25(39)11-17-28)30(54-34)21-53-35(48)47-29-5-3-4-23(18-29)19-44/h3-18,30-34H,2,20-21H2,1H3,(H,45,50)(H,46,49)(H,47,48)/t30-,31-,32+,33-,34+/m1/s1. The number of halogens is 5. The molecule has 0 unspecified atom stereocenters. The van der Waals surface area contributed by atoms with Gasteiger partial charge in [0.25, 0.3) is 0 Å². The molecule has 13 nitrogen and oxygen atoms in total. The zero-order valence-electron chi connectivity index (χ0n) is 29.3. The van der Waals surface area contributed by atoms with Crippen LogP contribution >= 0.6 is 11.6 Å². The van der Waals surface area contributed by atoms with Crippen molar-refractivity contribution in [3.8, 4) is 6.07 Å². The Bertz CT molecular complexity index is 2000. The maximum atomic E-state index is 13.7. The van der Waals surface area contributed by atoms with E-state index < -0.39 is 73.1 Å². The number of amides is 3. The highest BCUT2D eigenvalue weighted by Gasteiger charge is 2.52. The quantitative estimate of drug-likeness (QED) is 0.0934. The summed E-state index contributed by atoms with van der Waals surface area (Å²) >= 11 is 5.97. The van der Waals surface area contributed by atoms with Crippen LogP contribution in [-0.2, 0) is 41.2 Å². The third-order valence-electron chi connectivity index (χ3n) is 7.93. The van der Waals surface area contributed by atoms with Gasteiger partial charge >= 0.3 is 24.5 Å². The highest BCUT2D eigenvalue weighted by atomic mass is 35.5. The highest BCUT2D eigenvalue weighted by Crippen LogP contribution is 2.32. The van der Waals surface area contributed by atoms with Crippen molar-refractivity contribution in [3.63, 3.8) is 0 Å². The number of rotatable bonds is 12. The number of alkyl halides is 3. The molecule has 4 aromatic rings. The third-order valence-corrected chi connectivity index (χ3v) is 8.18. The van der Waals surface area contributed by atoms with Gasteiger partial charge in [0, 0.05) is 28.7 Å². The minimum Gasteiger partial charge on any atom is -0.446 e. The summed E-state index contributed by atoms with van der Waals surface area (Å²) in [5, 5.41) is 16.9. The van der Waals surface area contributed by atoms with Gasteiger partial charge in [0.2, 0.25) is 0 Å². The molecular weight excluding hydrogens is 768 g/mol. The molecule has 3 N–H and O–H groups in total. The number of nitrogens with one attached hydrogen (secondary N) is 3. The molecule has 5 rings (SSSR count). The van der Waals surface area contributed by atoms with Crippen molar-refractivity contribution < 1.29 is 60.4 Å². The molecule has 0 saturated carbocycles. The fourth-order valence-corrected chi connectivity index (χ4v) is 5.46. The number of nitrogens with zero attached hydrogens (tertiary/aromatic N) is 1. The Morgan fingerprint density at radius 2 is 1.39 bits per heavy atom. The Labute approximate surface area is 322 Å². The minimum absolute atomic E-state index is 0.0252. The van der Waals surface area contributed by atoms with Crippen molar-refractivity contribution >= 4 is 46.9 Å². The van der Waals surface area contributed by atoms with E-state index in [9.17, 15) is 37.2 Å². The van der Waals surface area contributed by atoms with E-state index in [1.165, 1.54) is 72.8 Å². The summed E-state index contributed by atoms with van der Waals surface area (Å²) < 4.78 is 88.3. The second-order valence-corrected chi connectivity index (χ2v) is 12.3. The van der Waals surface area contributed by atoms with E-state index in [4.69, 9.17) is 40.0 Å². The van der Waals surface area contributed by atoms with Gasteiger partial charge < -0.3 is 28.4 Å². The van der Waals surface area contributed by atoms with Crippen LogP contribution in [0.4, 0.5) is 49.0 Å². The molecule has 1 aliphatic rings. The Morgan fingerprint density at radius 3 is 2.00 bits per heavy atom. The summed E-state index contributed by atoms with van der Waals surface area (Å²) in [5.41, 5.74) is 0.206. The van der Waals surface area contributed by atoms with Crippen molar-refractivity contribution in [1.82, 2.24) is 0 Å². The van der Waals surface area contributed by atoms with E-state index in [2.05, 4.69) is 16.0 Å². The monoisotopic (exact) mass is 800 g/mol. The first kappa shape index (κ1) is 41.2. The molecule has 5 atom stereocenters. The maximum Gasteiger partial charge on any atom is 0.416 e. The predicted octanol–water partition coefficient (Wildman–Crippen LogP) is 8.50. The molecule has 0 aliphatic carbocycles. The molecule has 1 heterocycles. The molecule has 0 bridgehead atoms. The zero-order chi connectivity index (χ0) is 40.2. The number of anilines is 3. The lowest BCUT2D eigenvalue weighted by Gasteiger charge is -2.44. The van der Waals surface area contributed by atoms with Crippen LogP contribution in [0.3, 0.4) is 0 Å². The summed E-state index contributed by atoms with van der Waals surface area (Å²) in [6, 6.07) is 22.7.